The van der Waals surface area contributed by atoms with Gasteiger partial charge < -0.3 is 19.9 Å². The van der Waals surface area contributed by atoms with Crippen molar-refractivity contribution < 1.29 is 18.7 Å². The van der Waals surface area contributed by atoms with E-state index in [1.54, 1.807) is 29.2 Å². The molecule has 2 saturated heterocycles. The molecular weight excluding hydrogens is 421 g/mol. The van der Waals surface area contributed by atoms with Crippen LogP contribution in [-0.2, 0) is 11.2 Å². The monoisotopic (exact) mass is 453 g/mol. The summed E-state index contributed by atoms with van der Waals surface area (Å²) in [6, 6.07) is 13.7. The lowest BCUT2D eigenvalue weighted by atomic mass is 9.90. The number of ether oxygens (including phenoxy) is 1. The van der Waals surface area contributed by atoms with E-state index in [1.807, 2.05) is 12.1 Å². The predicted octanol–water partition coefficient (Wildman–Crippen LogP) is 4.22. The summed E-state index contributed by atoms with van der Waals surface area (Å²) in [6.45, 7) is 5.96. The summed E-state index contributed by atoms with van der Waals surface area (Å²) in [7, 11) is 0. The van der Waals surface area contributed by atoms with Crippen LogP contribution in [0.25, 0.3) is 0 Å². The molecule has 2 aromatic rings. The van der Waals surface area contributed by atoms with Crippen LogP contribution in [0.4, 0.5) is 14.9 Å². The van der Waals surface area contributed by atoms with Crippen molar-refractivity contribution in [2.45, 2.75) is 32.3 Å². The lowest BCUT2D eigenvalue weighted by Crippen LogP contribution is -2.51. The smallest absolute Gasteiger partial charge is 0.322 e. The average Bonchev–Trinajstić information content (AvgIpc) is 2.82. The molecule has 7 heteroatoms. The Hall–Kier alpha value is -2.77. The maximum absolute atomic E-state index is 13.1. The number of likely N-dealkylation sites (tertiary alicyclic amines) is 1. The number of urea groups is 1. The van der Waals surface area contributed by atoms with Crippen molar-refractivity contribution >= 4 is 17.5 Å². The van der Waals surface area contributed by atoms with Gasteiger partial charge in [0.25, 0.3) is 0 Å². The molecular formula is C26H32FN3O3. The van der Waals surface area contributed by atoms with Crippen LogP contribution in [-0.4, -0.2) is 67.0 Å². The number of ketones is 1. The first-order valence-corrected chi connectivity index (χ1v) is 11.7. The van der Waals surface area contributed by atoms with Crippen LogP contribution in [0.1, 0.15) is 35.7 Å². The van der Waals surface area contributed by atoms with Crippen molar-refractivity contribution in [1.29, 1.82) is 0 Å². The molecule has 2 aliphatic rings. The van der Waals surface area contributed by atoms with E-state index in [4.69, 9.17) is 4.74 Å². The van der Waals surface area contributed by atoms with Crippen molar-refractivity contribution in [2.75, 3.05) is 44.6 Å². The molecule has 2 heterocycles. The van der Waals surface area contributed by atoms with E-state index in [9.17, 15) is 14.0 Å². The molecule has 0 aromatic heterocycles. The topological polar surface area (TPSA) is 61.9 Å². The highest BCUT2D eigenvalue weighted by atomic mass is 19.1. The second-order valence-electron chi connectivity index (χ2n) is 9.08. The van der Waals surface area contributed by atoms with Gasteiger partial charge in [-0.1, -0.05) is 24.3 Å². The van der Waals surface area contributed by atoms with Crippen molar-refractivity contribution in [2.24, 2.45) is 5.92 Å². The molecule has 1 atom stereocenters. The van der Waals surface area contributed by atoms with Crippen LogP contribution in [0.5, 0.6) is 0 Å². The number of hydrogen-bond acceptors (Lipinski definition) is 4. The van der Waals surface area contributed by atoms with Crippen LogP contribution < -0.4 is 5.32 Å². The Morgan fingerprint density at radius 1 is 1.09 bits per heavy atom. The number of carbonyl (C=O) groups is 2. The van der Waals surface area contributed by atoms with E-state index in [0.717, 1.165) is 38.9 Å². The molecule has 176 valence electrons. The molecule has 0 spiro atoms. The molecule has 6 nitrogen and oxygen atoms in total. The second kappa shape index (κ2) is 10.9. The van der Waals surface area contributed by atoms with Crippen LogP contribution >= 0.6 is 0 Å². The van der Waals surface area contributed by atoms with E-state index >= 15 is 0 Å². The van der Waals surface area contributed by atoms with Crippen LogP contribution in [0.3, 0.4) is 0 Å². The van der Waals surface area contributed by atoms with Crippen molar-refractivity contribution in [1.82, 2.24) is 9.80 Å². The van der Waals surface area contributed by atoms with Gasteiger partial charge in [-0.25, -0.2) is 9.18 Å². The number of halogens is 1. The third-order valence-corrected chi connectivity index (χ3v) is 6.55. The number of morpholine rings is 1. The molecule has 0 aliphatic carbocycles. The van der Waals surface area contributed by atoms with Crippen LogP contribution in [0.15, 0.2) is 48.5 Å². The summed E-state index contributed by atoms with van der Waals surface area (Å²) >= 11 is 0. The summed E-state index contributed by atoms with van der Waals surface area (Å²) in [5.74, 6) is 0.402. The number of amides is 2. The summed E-state index contributed by atoms with van der Waals surface area (Å²) in [5.41, 5.74) is 2.40. The molecule has 4 rings (SSSR count). The Balaban J connectivity index is 1.23. The fourth-order valence-electron chi connectivity index (χ4n) is 4.65. The highest BCUT2D eigenvalue weighted by molar-refractivity contribution is 5.96. The van der Waals surface area contributed by atoms with Gasteiger partial charge in [0.05, 0.1) is 12.7 Å². The number of hydrogen-bond donors (Lipinski definition) is 1. The van der Waals surface area contributed by atoms with E-state index < -0.39 is 0 Å². The number of Topliss-reactive ketones (excluding diaryl/α,β-unsaturated/α-hetero) is 1. The molecule has 0 unspecified atom stereocenters. The summed E-state index contributed by atoms with van der Waals surface area (Å²) in [4.78, 5) is 28.6. The lowest BCUT2D eigenvalue weighted by Gasteiger charge is -2.38. The fraction of sp³-hybridized carbons (Fsp3) is 0.462. The third kappa shape index (κ3) is 6.62. The van der Waals surface area contributed by atoms with Gasteiger partial charge >= 0.3 is 6.03 Å². The van der Waals surface area contributed by atoms with Crippen LogP contribution in [0, 0.1) is 11.7 Å². The molecule has 1 N–H and O–H groups in total. The Morgan fingerprint density at radius 2 is 1.85 bits per heavy atom. The zero-order valence-electron chi connectivity index (χ0n) is 19.1. The molecule has 33 heavy (non-hydrogen) atoms. The van der Waals surface area contributed by atoms with Gasteiger partial charge in [0.2, 0.25) is 0 Å². The van der Waals surface area contributed by atoms with Gasteiger partial charge in [-0.2, -0.15) is 0 Å². The highest BCUT2D eigenvalue weighted by Crippen LogP contribution is 2.23. The number of carbonyl (C=O) groups excluding carboxylic acids is 2. The molecule has 0 radical (unpaired) electrons. The minimum Gasteiger partial charge on any atom is -0.373 e. The van der Waals surface area contributed by atoms with Gasteiger partial charge in [-0.05, 0) is 75.0 Å². The lowest BCUT2D eigenvalue weighted by molar-refractivity contribution is -0.0329. The fourth-order valence-corrected chi connectivity index (χ4v) is 4.65. The average molecular weight is 454 g/mol. The van der Waals surface area contributed by atoms with Gasteiger partial charge in [0, 0.05) is 30.9 Å². The van der Waals surface area contributed by atoms with Gasteiger partial charge in [-0.15, -0.1) is 0 Å². The number of rotatable bonds is 6. The Morgan fingerprint density at radius 3 is 2.58 bits per heavy atom. The maximum Gasteiger partial charge on any atom is 0.322 e. The Labute approximate surface area is 194 Å². The van der Waals surface area contributed by atoms with Crippen LogP contribution in [0.2, 0.25) is 0 Å². The largest absolute Gasteiger partial charge is 0.373 e. The number of benzene rings is 2. The zero-order chi connectivity index (χ0) is 23.2. The second-order valence-corrected chi connectivity index (χ2v) is 9.08. The minimum absolute atomic E-state index is 0.0123. The zero-order valence-corrected chi connectivity index (χ0v) is 19.1. The highest BCUT2D eigenvalue weighted by Gasteiger charge is 2.28. The van der Waals surface area contributed by atoms with E-state index in [-0.39, 0.29) is 23.7 Å². The molecule has 2 aromatic carbocycles. The normalized spacial score (nSPS) is 19.9. The molecule has 2 fully saturated rings. The number of anilines is 1. The van der Waals surface area contributed by atoms with E-state index in [2.05, 4.69) is 10.2 Å². The molecule has 0 bridgehead atoms. The number of nitrogens with zero attached hydrogens (tertiary/aromatic N) is 2. The standard InChI is InChI=1S/C26H32FN3O3/c1-19(31)22-3-2-4-24(16-22)28-26(32)30-13-14-33-25(18-30)17-29-11-9-21(10-12-29)15-20-5-7-23(27)8-6-20/h2-8,16,21,25H,9-15,17-18H2,1H3,(H,28,32)/t25-/m0/s1. The predicted molar refractivity (Wildman–Crippen MR) is 126 cm³/mol. The van der Waals surface area contributed by atoms with Crippen molar-refractivity contribution in [3.8, 4) is 0 Å². The van der Waals surface area contributed by atoms with E-state index in [1.165, 1.54) is 24.6 Å². The maximum atomic E-state index is 13.1. The number of nitrogens with one attached hydrogen (secondary N) is 1. The number of piperidine rings is 1. The first-order chi connectivity index (χ1) is 16.0. The Bertz CT molecular complexity index is 958. The van der Waals surface area contributed by atoms with E-state index in [0.29, 0.717) is 36.9 Å². The van der Waals surface area contributed by atoms with Crippen molar-refractivity contribution in [3.05, 3.63) is 65.5 Å². The molecule has 0 saturated carbocycles. The minimum atomic E-state index is -0.187. The molecule has 2 aliphatic heterocycles. The quantitative estimate of drug-likeness (QED) is 0.666. The first-order valence-electron chi connectivity index (χ1n) is 11.7. The summed E-state index contributed by atoms with van der Waals surface area (Å²) in [5, 5.41) is 2.91. The van der Waals surface area contributed by atoms with Crippen molar-refractivity contribution in [3.63, 3.8) is 0 Å². The van der Waals surface area contributed by atoms with Gasteiger partial charge in [-0.3, -0.25) is 4.79 Å². The summed E-state index contributed by atoms with van der Waals surface area (Å²) < 4.78 is 19.1. The van der Waals surface area contributed by atoms with Gasteiger partial charge in [0.15, 0.2) is 5.78 Å². The Kier molecular flexibility index (Phi) is 7.73. The first kappa shape index (κ1) is 23.4. The summed E-state index contributed by atoms with van der Waals surface area (Å²) in [6.07, 6.45) is 3.20. The SMILES string of the molecule is CC(=O)c1cccc(NC(=O)N2CCO[C@@H](CN3CCC(Cc4ccc(F)cc4)CC3)C2)c1. The van der Waals surface area contributed by atoms with Gasteiger partial charge in [0.1, 0.15) is 5.82 Å². The third-order valence-electron chi connectivity index (χ3n) is 6.55. The molecule has 2 amide bonds.